The van der Waals surface area contributed by atoms with Crippen LogP contribution in [0.25, 0.3) is 0 Å². The first kappa shape index (κ1) is 17.6. The van der Waals surface area contributed by atoms with E-state index in [0.29, 0.717) is 23.9 Å². The minimum Gasteiger partial charge on any atom is -0.476 e. The molecule has 1 unspecified atom stereocenters. The number of ether oxygens (including phenoxy) is 1. The maximum atomic E-state index is 13.2. The Morgan fingerprint density at radius 1 is 1.25 bits per heavy atom. The number of carbonyl (C=O) groups excluding carboxylic acids is 1. The van der Waals surface area contributed by atoms with Crippen molar-refractivity contribution in [3.63, 3.8) is 0 Å². The van der Waals surface area contributed by atoms with Gasteiger partial charge < -0.3 is 4.74 Å². The van der Waals surface area contributed by atoms with Gasteiger partial charge in [0.05, 0.1) is 36.2 Å². The summed E-state index contributed by atoms with van der Waals surface area (Å²) in [4.78, 5) is 21.7. The Balaban J connectivity index is 1.23. The van der Waals surface area contributed by atoms with E-state index in [1.165, 1.54) is 0 Å². The molecule has 2 heterocycles. The fourth-order valence-corrected chi connectivity index (χ4v) is 5.18. The molecule has 0 radical (unpaired) electrons. The van der Waals surface area contributed by atoms with Crippen LogP contribution in [0.4, 0.5) is 0 Å². The predicted octanol–water partition coefficient (Wildman–Crippen LogP) is 3.95. The van der Waals surface area contributed by atoms with Gasteiger partial charge in [0.15, 0.2) is 0 Å². The van der Waals surface area contributed by atoms with E-state index in [9.17, 15) is 4.79 Å². The van der Waals surface area contributed by atoms with Gasteiger partial charge in [-0.15, -0.1) is 0 Å². The normalized spacial score (nSPS) is 29.9. The van der Waals surface area contributed by atoms with Crippen LogP contribution < -0.4 is 4.74 Å². The summed E-state index contributed by atoms with van der Waals surface area (Å²) in [5.74, 6) is 0.654. The first-order valence-corrected chi connectivity index (χ1v) is 9.90. The number of aromatic nitrogens is 2. The Labute approximate surface area is 168 Å². The first-order chi connectivity index (χ1) is 13.5. The van der Waals surface area contributed by atoms with Gasteiger partial charge in [0.1, 0.15) is 0 Å². The van der Waals surface area contributed by atoms with Crippen LogP contribution in [0.5, 0.6) is 5.88 Å². The number of amides is 1. The molecule has 0 saturated heterocycles. The highest BCUT2D eigenvalue weighted by Crippen LogP contribution is 2.74. The maximum Gasteiger partial charge on any atom is 0.249 e. The van der Waals surface area contributed by atoms with Crippen molar-refractivity contribution in [3.05, 3.63) is 52.9 Å². The molecule has 2 aromatic rings. The van der Waals surface area contributed by atoms with Crippen LogP contribution in [0.15, 0.2) is 41.8 Å². The van der Waals surface area contributed by atoms with Gasteiger partial charge in [0.25, 0.3) is 0 Å². The van der Waals surface area contributed by atoms with Crippen molar-refractivity contribution >= 4 is 23.7 Å². The second-order valence-corrected chi connectivity index (χ2v) is 8.72. The molecule has 0 spiro atoms. The molecular formula is C21H21ClN4O2. The summed E-state index contributed by atoms with van der Waals surface area (Å²) in [6.07, 6.45) is 8.40. The Bertz CT molecular complexity index is 939. The van der Waals surface area contributed by atoms with Crippen LogP contribution in [0.2, 0.25) is 5.02 Å². The number of carbonyl (C=O) groups is 1. The van der Waals surface area contributed by atoms with E-state index >= 15 is 0 Å². The lowest BCUT2D eigenvalue weighted by Crippen LogP contribution is -2.69. The number of nitrogens with zero attached hydrogens (tertiary/aromatic N) is 4. The number of rotatable bonds is 5. The second-order valence-electron chi connectivity index (χ2n) is 8.32. The maximum absolute atomic E-state index is 13.2. The molecule has 6 rings (SSSR count). The highest BCUT2D eigenvalue weighted by Gasteiger charge is 2.73. The molecule has 28 heavy (non-hydrogen) atoms. The third-order valence-electron chi connectivity index (χ3n) is 6.18. The Morgan fingerprint density at radius 2 is 2.04 bits per heavy atom. The average molecular weight is 397 g/mol. The van der Waals surface area contributed by atoms with Gasteiger partial charge in [0, 0.05) is 23.1 Å². The van der Waals surface area contributed by atoms with Gasteiger partial charge in [-0.3, -0.25) is 9.78 Å². The molecule has 4 aliphatic rings. The number of benzene rings is 1. The van der Waals surface area contributed by atoms with Crippen LogP contribution in [-0.2, 0) is 4.79 Å². The van der Waals surface area contributed by atoms with E-state index in [1.54, 1.807) is 17.4 Å². The number of hydrogen-bond acceptors (Lipinski definition) is 5. The van der Waals surface area contributed by atoms with Gasteiger partial charge in [-0.2, -0.15) is 5.10 Å². The topological polar surface area (TPSA) is 67.7 Å². The van der Waals surface area contributed by atoms with Crippen LogP contribution in [0, 0.1) is 17.8 Å². The van der Waals surface area contributed by atoms with Gasteiger partial charge in [0.2, 0.25) is 11.8 Å². The number of hydrazone groups is 1. The lowest BCUT2D eigenvalue weighted by molar-refractivity contribution is -0.227. The molecule has 2 bridgehead atoms. The standard InChI is InChI=1S/C21H21ClN4O2/c1-14-8-24-18(9-23-14)28-13-20-10-21(11-20,12-20)19(27)26-17(6-7-25-26)15-4-2-3-5-16(15)22/h2-5,7-9,17H,6,10-13H2,1H3. The molecule has 144 valence electrons. The summed E-state index contributed by atoms with van der Waals surface area (Å²) in [6.45, 7) is 2.47. The number of hydrogen-bond donors (Lipinski definition) is 0. The summed E-state index contributed by atoms with van der Waals surface area (Å²) >= 11 is 6.36. The van der Waals surface area contributed by atoms with Gasteiger partial charge >= 0.3 is 0 Å². The Hall–Kier alpha value is -2.47. The zero-order valence-electron chi connectivity index (χ0n) is 15.6. The molecule has 1 amide bonds. The molecule has 3 fully saturated rings. The molecule has 3 aliphatic carbocycles. The van der Waals surface area contributed by atoms with E-state index in [2.05, 4.69) is 15.1 Å². The summed E-state index contributed by atoms with van der Waals surface area (Å²) in [6, 6.07) is 7.58. The van der Waals surface area contributed by atoms with Crippen molar-refractivity contribution in [2.24, 2.45) is 15.9 Å². The van der Waals surface area contributed by atoms with E-state index < -0.39 is 0 Å². The molecule has 1 aromatic heterocycles. The smallest absolute Gasteiger partial charge is 0.249 e. The van der Waals surface area contributed by atoms with Crippen LogP contribution in [0.3, 0.4) is 0 Å². The fourth-order valence-electron chi connectivity index (χ4n) is 4.92. The monoisotopic (exact) mass is 396 g/mol. The highest BCUT2D eigenvalue weighted by atomic mass is 35.5. The van der Waals surface area contributed by atoms with Gasteiger partial charge in [-0.05, 0) is 37.8 Å². The molecule has 1 atom stereocenters. The van der Waals surface area contributed by atoms with E-state index in [-0.39, 0.29) is 22.8 Å². The third-order valence-corrected chi connectivity index (χ3v) is 6.52. The van der Waals surface area contributed by atoms with E-state index in [4.69, 9.17) is 16.3 Å². The molecule has 1 aromatic carbocycles. The zero-order chi connectivity index (χ0) is 19.4. The zero-order valence-corrected chi connectivity index (χ0v) is 16.4. The summed E-state index contributed by atoms with van der Waals surface area (Å²) < 4.78 is 5.82. The van der Waals surface area contributed by atoms with Crippen molar-refractivity contribution in [2.45, 2.75) is 38.6 Å². The molecule has 1 aliphatic heterocycles. The summed E-state index contributed by atoms with van der Waals surface area (Å²) in [7, 11) is 0. The predicted molar refractivity (Wildman–Crippen MR) is 105 cm³/mol. The van der Waals surface area contributed by atoms with Gasteiger partial charge in [-0.1, -0.05) is 29.8 Å². The van der Waals surface area contributed by atoms with Crippen LogP contribution in [-0.4, -0.2) is 33.7 Å². The molecule has 3 saturated carbocycles. The number of halogens is 1. The Kier molecular flexibility index (Phi) is 3.95. The average Bonchev–Trinajstić information content (AvgIpc) is 3.10. The van der Waals surface area contributed by atoms with Gasteiger partial charge in [-0.25, -0.2) is 9.99 Å². The van der Waals surface area contributed by atoms with Crippen LogP contribution >= 0.6 is 11.6 Å². The highest BCUT2D eigenvalue weighted by molar-refractivity contribution is 6.31. The molecule has 7 heteroatoms. The molecule has 0 N–H and O–H groups in total. The van der Waals surface area contributed by atoms with Crippen molar-refractivity contribution in [3.8, 4) is 5.88 Å². The minimum atomic E-state index is -0.288. The first-order valence-electron chi connectivity index (χ1n) is 9.52. The Morgan fingerprint density at radius 3 is 2.75 bits per heavy atom. The van der Waals surface area contributed by atoms with Crippen molar-refractivity contribution in [2.75, 3.05) is 6.61 Å². The van der Waals surface area contributed by atoms with Crippen LogP contribution in [0.1, 0.15) is 43.0 Å². The lowest BCUT2D eigenvalue weighted by atomic mass is 9.35. The molecule has 6 nitrogen and oxygen atoms in total. The van der Waals surface area contributed by atoms with E-state index in [1.807, 2.05) is 37.4 Å². The third kappa shape index (κ3) is 2.70. The van der Waals surface area contributed by atoms with Crippen molar-refractivity contribution in [1.29, 1.82) is 0 Å². The largest absolute Gasteiger partial charge is 0.476 e. The summed E-state index contributed by atoms with van der Waals surface area (Å²) in [5, 5.41) is 6.71. The quantitative estimate of drug-likeness (QED) is 0.767. The van der Waals surface area contributed by atoms with Crippen molar-refractivity contribution in [1.82, 2.24) is 15.0 Å². The minimum absolute atomic E-state index is 0.0888. The summed E-state index contributed by atoms with van der Waals surface area (Å²) in [5.41, 5.74) is 1.62. The fraction of sp³-hybridized carbons (Fsp3) is 0.429. The van der Waals surface area contributed by atoms with Crippen molar-refractivity contribution < 1.29 is 9.53 Å². The van der Waals surface area contributed by atoms with E-state index in [0.717, 1.165) is 30.5 Å². The molecular weight excluding hydrogens is 376 g/mol. The number of aryl methyl sites for hydroxylation is 1. The second kappa shape index (κ2) is 6.27. The lowest BCUT2D eigenvalue weighted by Gasteiger charge is -2.69. The SMILES string of the molecule is Cc1cnc(OCC23CC(C(=O)N4N=CCC4c4ccccc4Cl)(C2)C3)cn1.